The van der Waals surface area contributed by atoms with Gasteiger partial charge in [-0.05, 0) is 56.8 Å². The summed E-state index contributed by atoms with van der Waals surface area (Å²) in [6, 6.07) is 7.31. The predicted molar refractivity (Wildman–Crippen MR) is 101 cm³/mol. The van der Waals surface area contributed by atoms with Gasteiger partial charge in [-0.25, -0.2) is 8.42 Å². The molecular formula is C19H29N3O3S. The first-order valence-electron chi connectivity index (χ1n) is 9.57. The van der Waals surface area contributed by atoms with Gasteiger partial charge >= 0.3 is 0 Å². The van der Waals surface area contributed by atoms with E-state index in [9.17, 15) is 13.2 Å². The Morgan fingerprint density at radius 2 is 2.04 bits per heavy atom. The predicted octanol–water partition coefficient (Wildman–Crippen LogP) is 1.87. The summed E-state index contributed by atoms with van der Waals surface area (Å²) in [4.78, 5) is 12.7. The van der Waals surface area contributed by atoms with Crippen LogP contribution in [0.4, 0.5) is 0 Å². The molecule has 0 bridgehead atoms. The van der Waals surface area contributed by atoms with Crippen LogP contribution in [0.1, 0.15) is 44.6 Å². The van der Waals surface area contributed by atoms with E-state index in [4.69, 9.17) is 0 Å². The van der Waals surface area contributed by atoms with Gasteiger partial charge in [-0.1, -0.05) is 18.6 Å². The fraction of sp³-hybridized carbons (Fsp3) is 0.632. The monoisotopic (exact) mass is 379 g/mol. The molecule has 0 aromatic heterocycles. The average Bonchev–Trinajstić information content (AvgIpc) is 2.67. The number of nitrogens with zero attached hydrogens (tertiary/aromatic N) is 1. The summed E-state index contributed by atoms with van der Waals surface area (Å²) in [5.74, 6) is 0.0918. The second kappa shape index (κ2) is 8.50. The van der Waals surface area contributed by atoms with Crippen LogP contribution in [0.5, 0.6) is 0 Å². The molecule has 0 spiro atoms. The van der Waals surface area contributed by atoms with E-state index in [-0.39, 0.29) is 11.8 Å². The number of nitrogens with one attached hydrogen (secondary N) is 2. The quantitative estimate of drug-likeness (QED) is 0.819. The fourth-order valence-corrected chi connectivity index (χ4v) is 5.36. The number of benzene rings is 1. The highest BCUT2D eigenvalue weighted by Crippen LogP contribution is 2.21. The van der Waals surface area contributed by atoms with E-state index in [0.717, 1.165) is 44.2 Å². The molecule has 3 rings (SSSR count). The Morgan fingerprint density at radius 3 is 2.77 bits per heavy atom. The Hall–Kier alpha value is -1.44. The summed E-state index contributed by atoms with van der Waals surface area (Å²) in [7, 11) is -3.44. The highest BCUT2D eigenvalue weighted by Gasteiger charge is 2.27. The molecule has 1 amide bonds. The number of rotatable bonds is 5. The summed E-state index contributed by atoms with van der Waals surface area (Å²) >= 11 is 0. The Bertz CT molecular complexity index is 729. The molecule has 0 unspecified atom stereocenters. The van der Waals surface area contributed by atoms with Gasteiger partial charge in [0.15, 0.2) is 0 Å². The van der Waals surface area contributed by atoms with Crippen molar-refractivity contribution in [2.24, 2.45) is 5.92 Å². The van der Waals surface area contributed by atoms with Crippen LogP contribution in [0, 0.1) is 5.92 Å². The molecule has 26 heavy (non-hydrogen) atoms. The summed E-state index contributed by atoms with van der Waals surface area (Å²) in [6.07, 6.45) is 4.62. The van der Waals surface area contributed by atoms with Crippen LogP contribution >= 0.6 is 0 Å². The maximum Gasteiger partial charge on any atom is 0.243 e. The van der Waals surface area contributed by atoms with Crippen LogP contribution in [0.15, 0.2) is 29.2 Å². The normalized spacial score (nSPS) is 25.0. The van der Waals surface area contributed by atoms with Gasteiger partial charge in [0.25, 0.3) is 0 Å². The van der Waals surface area contributed by atoms with Crippen LogP contribution in [0.2, 0.25) is 0 Å². The summed E-state index contributed by atoms with van der Waals surface area (Å²) in [6.45, 7) is 4.51. The van der Waals surface area contributed by atoms with Crippen LogP contribution in [-0.4, -0.2) is 44.3 Å². The molecule has 2 saturated heterocycles. The molecule has 2 atom stereocenters. The minimum atomic E-state index is -3.44. The molecule has 0 aliphatic carbocycles. The molecule has 2 aliphatic rings. The molecule has 0 saturated carbocycles. The van der Waals surface area contributed by atoms with Crippen molar-refractivity contribution in [1.29, 1.82) is 0 Å². The SMILES string of the molecule is C[C@H]1C[C@@H](C(=O)NCc2cccc(S(=O)(=O)N3CCCCC3)c2)CCN1. The second-order valence-corrected chi connectivity index (χ2v) is 9.34. The fourth-order valence-electron chi connectivity index (χ4n) is 3.77. The molecule has 2 N–H and O–H groups in total. The zero-order chi connectivity index (χ0) is 18.6. The summed E-state index contributed by atoms with van der Waals surface area (Å²) in [5, 5.41) is 6.32. The average molecular weight is 380 g/mol. The molecule has 7 heteroatoms. The zero-order valence-corrected chi connectivity index (χ0v) is 16.2. The lowest BCUT2D eigenvalue weighted by Gasteiger charge is -2.27. The molecule has 0 radical (unpaired) electrons. The first-order valence-corrected chi connectivity index (χ1v) is 11.0. The van der Waals surface area contributed by atoms with Crippen molar-refractivity contribution >= 4 is 15.9 Å². The molecule has 1 aromatic carbocycles. The number of hydrogen-bond donors (Lipinski definition) is 2. The van der Waals surface area contributed by atoms with E-state index >= 15 is 0 Å². The minimum Gasteiger partial charge on any atom is -0.352 e. The molecular weight excluding hydrogens is 350 g/mol. The zero-order valence-electron chi connectivity index (χ0n) is 15.4. The van der Waals surface area contributed by atoms with Crippen molar-refractivity contribution in [2.75, 3.05) is 19.6 Å². The maximum absolute atomic E-state index is 12.8. The highest BCUT2D eigenvalue weighted by atomic mass is 32.2. The summed E-state index contributed by atoms with van der Waals surface area (Å²) in [5.41, 5.74) is 0.818. The van der Waals surface area contributed by atoms with Gasteiger partial charge in [0.1, 0.15) is 0 Å². The van der Waals surface area contributed by atoms with Crippen molar-refractivity contribution in [3.8, 4) is 0 Å². The molecule has 2 fully saturated rings. The molecule has 2 heterocycles. The van der Waals surface area contributed by atoms with Gasteiger partial charge < -0.3 is 10.6 Å². The molecule has 2 aliphatic heterocycles. The standard InChI is InChI=1S/C19H29N3O3S/c1-15-12-17(8-9-20-15)19(23)21-14-16-6-5-7-18(13-16)26(24,25)22-10-3-2-4-11-22/h5-7,13,15,17,20H,2-4,8-12,14H2,1H3,(H,21,23)/t15-,17-/m0/s1. The first kappa shape index (κ1) is 19.3. The van der Waals surface area contributed by atoms with Gasteiger partial charge in [-0.15, -0.1) is 0 Å². The Balaban J connectivity index is 1.63. The van der Waals surface area contributed by atoms with Crippen LogP contribution in [0.3, 0.4) is 0 Å². The van der Waals surface area contributed by atoms with Crippen LogP contribution < -0.4 is 10.6 Å². The lowest BCUT2D eigenvalue weighted by Crippen LogP contribution is -2.42. The van der Waals surface area contributed by atoms with E-state index < -0.39 is 10.0 Å². The van der Waals surface area contributed by atoms with Crippen molar-refractivity contribution < 1.29 is 13.2 Å². The smallest absolute Gasteiger partial charge is 0.243 e. The van der Waals surface area contributed by atoms with Gasteiger partial charge in [0.05, 0.1) is 4.90 Å². The highest BCUT2D eigenvalue weighted by molar-refractivity contribution is 7.89. The number of carbonyl (C=O) groups excluding carboxylic acids is 1. The largest absolute Gasteiger partial charge is 0.352 e. The summed E-state index contributed by atoms with van der Waals surface area (Å²) < 4.78 is 27.2. The lowest BCUT2D eigenvalue weighted by atomic mass is 9.92. The Labute approximate surface area is 156 Å². The molecule has 144 valence electrons. The third kappa shape index (κ3) is 4.64. The van der Waals surface area contributed by atoms with Crippen molar-refractivity contribution in [2.45, 2.75) is 56.5 Å². The van der Waals surface area contributed by atoms with Crippen LogP contribution in [-0.2, 0) is 21.4 Å². The maximum atomic E-state index is 12.8. The van der Waals surface area contributed by atoms with E-state index in [1.54, 1.807) is 22.5 Å². The van der Waals surface area contributed by atoms with Crippen molar-refractivity contribution in [3.63, 3.8) is 0 Å². The second-order valence-electron chi connectivity index (χ2n) is 7.41. The number of hydrogen-bond acceptors (Lipinski definition) is 4. The Kier molecular flexibility index (Phi) is 6.32. The van der Waals surface area contributed by atoms with Gasteiger partial charge in [0.2, 0.25) is 15.9 Å². The number of amides is 1. The number of sulfonamides is 1. The van der Waals surface area contributed by atoms with Gasteiger partial charge in [0, 0.05) is 31.6 Å². The van der Waals surface area contributed by atoms with Crippen LogP contribution in [0.25, 0.3) is 0 Å². The van der Waals surface area contributed by atoms with E-state index in [2.05, 4.69) is 17.6 Å². The lowest BCUT2D eigenvalue weighted by molar-refractivity contribution is -0.126. The number of carbonyl (C=O) groups is 1. The van der Waals surface area contributed by atoms with Gasteiger partial charge in [-0.2, -0.15) is 4.31 Å². The number of piperidine rings is 2. The van der Waals surface area contributed by atoms with E-state index in [1.807, 2.05) is 6.07 Å². The molecule has 1 aromatic rings. The Morgan fingerprint density at radius 1 is 1.27 bits per heavy atom. The molecule has 6 nitrogen and oxygen atoms in total. The van der Waals surface area contributed by atoms with E-state index in [1.165, 1.54) is 0 Å². The third-order valence-corrected chi connectivity index (χ3v) is 7.21. The van der Waals surface area contributed by atoms with Crippen molar-refractivity contribution in [3.05, 3.63) is 29.8 Å². The minimum absolute atomic E-state index is 0.0338. The topological polar surface area (TPSA) is 78.5 Å². The first-order chi connectivity index (χ1) is 12.5. The third-order valence-electron chi connectivity index (χ3n) is 5.31. The van der Waals surface area contributed by atoms with Gasteiger partial charge in [-0.3, -0.25) is 4.79 Å². The van der Waals surface area contributed by atoms with Crippen molar-refractivity contribution in [1.82, 2.24) is 14.9 Å². The van der Waals surface area contributed by atoms with E-state index in [0.29, 0.717) is 30.6 Å².